The molecule has 0 spiro atoms. The summed E-state index contributed by atoms with van der Waals surface area (Å²) in [6.45, 7) is 7.46. The summed E-state index contributed by atoms with van der Waals surface area (Å²) < 4.78 is 7.33. The van der Waals surface area contributed by atoms with Crippen molar-refractivity contribution in [3.8, 4) is 0 Å². The van der Waals surface area contributed by atoms with Crippen LogP contribution in [0.4, 0.5) is 0 Å². The molecule has 0 aromatic carbocycles. The van der Waals surface area contributed by atoms with Crippen molar-refractivity contribution >= 4 is 5.91 Å². The summed E-state index contributed by atoms with van der Waals surface area (Å²) in [6.07, 6.45) is 5.92. The van der Waals surface area contributed by atoms with E-state index in [1.54, 1.807) is 25.8 Å². The van der Waals surface area contributed by atoms with E-state index in [9.17, 15) is 4.79 Å². The van der Waals surface area contributed by atoms with Crippen LogP contribution in [0.15, 0.2) is 23.3 Å². The molecule has 0 radical (unpaired) electrons. The number of aryl methyl sites for hydroxylation is 1. The fraction of sp³-hybridized carbons (Fsp3) is 0.600. The maximum atomic E-state index is 12.0. The number of likely N-dealkylation sites (tertiary alicyclic amines) is 1. The van der Waals surface area contributed by atoms with Gasteiger partial charge in [0, 0.05) is 32.6 Å². The van der Waals surface area contributed by atoms with Gasteiger partial charge in [-0.25, -0.2) is 9.97 Å². The molecular formula is C15H22N6O2. The van der Waals surface area contributed by atoms with Crippen molar-refractivity contribution in [2.75, 3.05) is 19.6 Å². The van der Waals surface area contributed by atoms with Gasteiger partial charge in [0.1, 0.15) is 18.4 Å². The molecule has 2 aromatic heterocycles. The van der Waals surface area contributed by atoms with Gasteiger partial charge >= 0.3 is 0 Å². The van der Waals surface area contributed by atoms with Gasteiger partial charge in [-0.2, -0.15) is 5.10 Å². The maximum absolute atomic E-state index is 12.0. The van der Waals surface area contributed by atoms with Crippen LogP contribution in [0.5, 0.6) is 0 Å². The lowest BCUT2D eigenvalue weighted by atomic mass is 10.2. The van der Waals surface area contributed by atoms with Crippen LogP contribution in [-0.4, -0.2) is 61.1 Å². The van der Waals surface area contributed by atoms with Crippen LogP contribution in [0.2, 0.25) is 0 Å². The fourth-order valence-electron chi connectivity index (χ4n) is 2.98. The van der Waals surface area contributed by atoms with Crippen LogP contribution in [0.1, 0.15) is 25.0 Å². The Bertz CT molecular complexity index is 638. The molecule has 1 aliphatic rings. The van der Waals surface area contributed by atoms with Crippen molar-refractivity contribution in [2.24, 2.45) is 0 Å². The minimum absolute atomic E-state index is 0.0592. The van der Waals surface area contributed by atoms with E-state index in [1.165, 1.54) is 0 Å². The number of nitrogens with zero attached hydrogens (tertiary/aromatic N) is 6. The van der Waals surface area contributed by atoms with E-state index in [4.69, 9.17) is 4.42 Å². The maximum Gasteiger partial charge on any atom is 0.220 e. The number of rotatable bonds is 6. The molecule has 1 amide bonds. The van der Waals surface area contributed by atoms with Gasteiger partial charge in [0.25, 0.3) is 0 Å². The van der Waals surface area contributed by atoms with E-state index in [0.717, 1.165) is 38.4 Å². The lowest BCUT2D eigenvalue weighted by molar-refractivity contribution is -0.132. The molecule has 3 heterocycles. The third kappa shape index (κ3) is 3.95. The van der Waals surface area contributed by atoms with Crippen LogP contribution in [0.25, 0.3) is 0 Å². The van der Waals surface area contributed by atoms with E-state index in [-0.39, 0.29) is 11.9 Å². The molecule has 2 aromatic rings. The van der Waals surface area contributed by atoms with Gasteiger partial charge < -0.3 is 9.32 Å². The van der Waals surface area contributed by atoms with Crippen molar-refractivity contribution < 1.29 is 9.21 Å². The average Bonchev–Trinajstić information content (AvgIpc) is 3.24. The quantitative estimate of drug-likeness (QED) is 0.780. The number of hydrogen-bond acceptors (Lipinski definition) is 6. The van der Waals surface area contributed by atoms with Crippen LogP contribution >= 0.6 is 0 Å². The Hall–Kier alpha value is -2.22. The van der Waals surface area contributed by atoms with Crippen molar-refractivity contribution in [1.82, 2.24) is 29.5 Å². The predicted molar refractivity (Wildman–Crippen MR) is 82.3 cm³/mol. The summed E-state index contributed by atoms with van der Waals surface area (Å²) in [5.41, 5.74) is 0. The predicted octanol–water partition coefficient (Wildman–Crippen LogP) is 0.698. The summed E-state index contributed by atoms with van der Waals surface area (Å²) in [5, 5.41) is 4.11. The van der Waals surface area contributed by atoms with Gasteiger partial charge in [-0.1, -0.05) is 0 Å². The van der Waals surface area contributed by atoms with E-state index in [1.807, 2.05) is 16.5 Å². The van der Waals surface area contributed by atoms with Crippen molar-refractivity contribution in [3.05, 3.63) is 30.5 Å². The highest BCUT2D eigenvalue weighted by molar-refractivity contribution is 5.73. The molecule has 0 aliphatic carbocycles. The van der Waals surface area contributed by atoms with Crippen molar-refractivity contribution in [1.29, 1.82) is 0 Å². The molecule has 1 saturated heterocycles. The molecule has 0 N–H and O–H groups in total. The van der Waals surface area contributed by atoms with Gasteiger partial charge in [-0.15, -0.1) is 0 Å². The number of hydrogen-bond donors (Lipinski definition) is 0. The lowest BCUT2D eigenvalue weighted by Crippen LogP contribution is -2.40. The third-order valence-corrected chi connectivity index (χ3v) is 4.18. The molecule has 0 unspecified atom stereocenters. The molecule has 0 saturated carbocycles. The second-order valence-electron chi connectivity index (χ2n) is 5.91. The topological polar surface area (TPSA) is 80.3 Å². The first-order chi connectivity index (χ1) is 11.1. The molecule has 23 heavy (non-hydrogen) atoms. The fourth-order valence-corrected chi connectivity index (χ4v) is 2.98. The summed E-state index contributed by atoms with van der Waals surface area (Å²) >= 11 is 0. The SMILES string of the molecule is CC(=O)N(Cc1ncc(C)o1)[C@H]1CCN(CCn2cncn2)C1. The molecule has 8 heteroatoms. The standard InChI is InChI=1S/C15H22N6O2/c1-12-7-17-15(23-12)9-21(13(2)22)14-3-4-19(8-14)5-6-20-11-16-10-18-20/h7,10-11,14H,3-6,8-9H2,1-2H3/t14-/m0/s1. The first kappa shape index (κ1) is 15.7. The molecule has 1 fully saturated rings. The highest BCUT2D eigenvalue weighted by Gasteiger charge is 2.30. The van der Waals surface area contributed by atoms with Gasteiger partial charge in [0.05, 0.1) is 19.3 Å². The molecule has 8 nitrogen and oxygen atoms in total. The minimum Gasteiger partial charge on any atom is -0.444 e. The van der Waals surface area contributed by atoms with Gasteiger partial charge in [0.15, 0.2) is 0 Å². The largest absolute Gasteiger partial charge is 0.444 e. The number of amides is 1. The van der Waals surface area contributed by atoms with E-state index >= 15 is 0 Å². The summed E-state index contributed by atoms with van der Waals surface area (Å²) in [6, 6.07) is 0.204. The molecule has 1 atom stereocenters. The molecular weight excluding hydrogens is 296 g/mol. The Balaban J connectivity index is 1.55. The van der Waals surface area contributed by atoms with Crippen LogP contribution < -0.4 is 0 Å². The third-order valence-electron chi connectivity index (χ3n) is 4.18. The number of carbonyl (C=O) groups is 1. The Morgan fingerprint density at radius 1 is 1.48 bits per heavy atom. The molecule has 1 aliphatic heterocycles. The van der Waals surface area contributed by atoms with Crippen LogP contribution in [0, 0.1) is 6.92 Å². The first-order valence-corrected chi connectivity index (χ1v) is 7.85. The molecule has 124 valence electrons. The lowest BCUT2D eigenvalue weighted by Gasteiger charge is -2.27. The smallest absolute Gasteiger partial charge is 0.220 e. The van der Waals surface area contributed by atoms with Gasteiger partial charge in [-0.3, -0.25) is 14.4 Å². The second-order valence-corrected chi connectivity index (χ2v) is 5.91. The van der Waals surface area contributed by atoms with Gasteiger partial charge in [0.2, 0.25) is 11.8 Å². The van der Waals surface area contributed by atoms with Crippen molar-refractivity contribution in [2.45, 2.75) is 39.4 Å². The van der Waals surface area contributed by atoms with Crippen LogP contribution in [-0.2, 0) is 17.9 Å². The number of oxazole rings is 1. The zero-order valence-corrected chi connectivity index (χ0v) is 13.6. The summed E-state index contributed by atoms with van der Waals surface area (Å²) in [5.74, 6) is 1.42. The minimum atomic E-state index is 0.0592. The zero-order chi connectivity index (χ0) is 16.2. The molecule has 3 rings (SSSR count). The Labute approximate surface area is 135 Å². The van der Waals surface area contributed by atoms with Crippen LogP contribution in [0.3, 0.4) is 0 Å². The Kier molecular flexibility index (Phi) is 4.71. The monoisotopic (exact) mass is 318 g/mol. The van der Waals surface area contributed by atoms with E-state index < -0.39 is 0 Å². The second kappa shape index (κ2) is 6.91. The highest BCUT2D eigenvalue weighted by atomic mass is 16.4. The average molecular weight is 318 g/mol. The first-order valence-electron chi connectivity index (χ1n) is 7.85. The zero-order valence-electron chi connectivity index (χ0n) is 13.6. The Morgan fingerprint density at radius 2 is 2.35 bits per heavy atom. The highest BCUT2D eigenvalue weighted by Crippen LogP contribution is 2.18. The van der Waals surface area contributed by atoms with E-state index in [2.05, 4.69) is 20.0 Å². The van der Waals surface area contributed by atoms with Gasteiger partial charge in [-0.05, 0) is 13.3 Å². The number of aromatic nitrogens is 4. The summed E-state index contributed by atoms with van der Waals surface area (Å²) in [4.78, 5) is 24.4. The van der Waals surface area contributed by atoms with E-state index in [0.29, 0.717) is 12.4 Å². The normalized spacial score (nSPS) is 18.4. The summed E-state index contributed by atoms with van der Waals surface area (Å²) in [7, 11) is 0. The molecule has 0 bridgehead atoms. The number of carbonyl (C=O) groups excluding carboxylic acids is 1. The van der Waals surface area contributed by atoms with Crippen molar-refractivity contribution in [3.63, 3.8) is 0 Å². The Morgan fingerprint density at radius 3 is 3.00 bits per heavy atom.